The predicted molar refractivity (Wildman–Crippen MR) is 117 cm³/mol. The first-order chi connectivity index (χ1) is 12.5. The van der Waals surface area contributed by atoms with Crippen molar-refractivity contribution in [2.75, 3.05) is 0 Å². The van der Waals surface area contributed by atoms with Gasteiger partial charge >= 0.3 is 0 Å². The summed E-state index contributed by atoms with van der Waals surface area (Å²) in [6, 6.07) is 0. The van der Waals surface area contributed by atoms with Crippen LogP contribution in [-0.4, -0.2) is 0 Å². The Hall–Kier alpha value is -0.780. The first-order valence-electron chi connectivity index (χ1n) is 11.4. The summed E-state index contributed by atoms with van der Waals surface area (Å²) in [4.78, 5) is 0. The van der Waals surface area contributed by atoms with Gasteiger partial charge in [0.05, 0.1) is 0 Å². The van der Waals surface area contributed by atoms with Crippen LogP contribution >= 0.6 is 0 Å². The fraction of sp³-hybridized carbons (Fsp3) is 0.769. The minimum atomic E-state index is 0.754. The molecule has 0 spiro atoms. The molecule has 2 aliphatic rings. The molecule has 3 unspecified atom stereocenters. The van der Waals surface area contributed by atoms with Gasteiger partial charge in [0.25, 0.3) is 0 Å². The molecule has 2 saturated carbocycles. The third-order valence-corrected chi connectivity index (χ3v) is 7.36. The lowest BCUT2D eigenvalue weighted by atomic mass is 9.75. The van der Waals surface area contributed by atoms with Gasteiger partial charge in [-0.15, -0.1) is 6.58 Å². The second-order valence-electron chi connectivity index (χ2n) is 9.76. The normalized spacial score (nSPS) is 31.2. The molecule has 5 atom stereocenters. The van der Waals surface area contributed by atoms with E-state index in [9.17, 15) is 0 Å². The highest BCUT2D eigenvalue weighted by Gasteiger charge is 2.32. The van der Waals surface area contributed by atoms with Crippen molar-refractivity contribution in [2.45, 2.75) is 91.4 Å². The molecule has 2 fully saturated rings. The zero-order valence-electron chi connectivity index (χ0n) is 17.9. The fourth-order valence-electron chi connectivity index (χ4n) is 5.48. The highest BCUT2D eigenvalue weighted by molar-refractivity contribution is 5.10. The maximum Gasteiger partial charge on any atom is -0.0139 e. The van der Waals surface area contributed by atoms with Gasteiger partial charge in [-0.25, -0.2) is 0 Å². The van der Waals surface area contributed by atoms with Gasteiger partial charge in [-0.3, -0.25) is 0 Å². The van der Waals surface area contributed by atoms with Crippen LogP contribution in [0.1, 0.15) is 91.4 Å². The summed E-state index contributed by atoms with van der Waals surface area (Å²) in [5, 5.41) is 0. The Morgan fingerprint density at radius 2 is 1.77 bits per heavy atom. The lowest BCUT2D eigenvalue weighted by Gasteiger charge is -2.30. The lowest BCUT2D eigenvalue weighted by molar-refractivity contribution is 0.267. The van der Waals surface area contributed by atoms with Crippen LogP contribution in [0.4, 0.5) is 0 Å². The number of hydrogen-bond donors (Lipinski definition) is 0. The molecule has 0 aromatic carbocycles. The smallest absolute Gasteiger partial charge is 0.0139 e. The summed E-state index contributed by atoms with van der Waals surface area (Å²) in [5.41, 5.74) is 1.51. The van der Waals surface area contributed by atoms with E-state index in [0.29, 0.717) is 0 Å². The minimum Gasteiger partial charge on any atom is -0.103 e. The van der Waals surface area contributed by atoms with Crippen LogP contribution in [0.2, 0.25) is 0 Å². The first-order valence-corrected chi connectivity index (χ1v) is 11.4. The van der Waals surface area contributed by atoms with Crippen LogP contribution in [0.15, 0.2) is 37.0 Å². The Morgan fingerprint density at radius 1 is 1.00 bits per heavy atom. The van der Waals surface area contributed by atoms with Crippen molar-refractivity contribution in [1.82, 2.24) is 0 Å². The van der Waals surface area contributed by atoms with Gasteiger partial charge in [0.15, 0.2) is 0 Å². The maximum atomic E-state index is 4.60. The lowest BCUT2D eigenvalue weighted by Crippen LogP contribution is -2.20. The quantitative estimate of drug-likeness (QED) is 0.287. The van der Waals surface area contributed by atoms with Gasteiger partial charge in [0.1, 0.15) is 0 Å². The van der Waals surface area contributed by atoms with E-state index in [4.69, 9.17) is 0 Å². The van der Waals surface area contributed by atoms with E-state index in [-0.39, 0.29) is 0 Å². The zero-order valence-corrected chi connectivity index (χ0v) is 17.9. The molecule has 0 saturated heterocycles. The number of hydrogen-bond acceptors (Lipinski definition) is 0. The molecule has 0 aromatic heterocycles. The molecule has 2 rings (SSSR count). The molecule has 0 nitrogen and oxygen atoms in total. The van der Waals surface area contributed by atoms with Gasteiger partial charge in [-0.1, -0.05) is 76.8 Å². The van der Waals surface area contributed by atoms with Crippen molar-refractivity contribution in [3.05, 3.63) is 37.0 Å². The van der Waals surface area contributed by atoms with Crippen molar-refractivity contribution in [1.29, 1.82) is 0 Å². The molecule has 2 aliphatic carbocycles. The Morgan fingerprint density at radius 3 is 2.46 bits per heavy atom. The molecule has 0 heterocycles. The molecule has 0 aromatic rings. The van der Waals surface area contributed by atoms with E-state index in [1.165, 1.54) is 63.4 Å². The van der Waals surface area contributed by atoms with Gasteiger partial charge in [0, 0.05) is 0 Å². The monoisotopic (exact) mass is 356 g/mol. The van der Waals surface area contributed by atoms with E-state index >= 15 is 0 Å². The van der Waals surface area contributed by atoms with Crippen LogP contribution < -0.4 is 0 Å². The van der Waals surface area contributed by atoms with E-state index in [2.05, 4.69) is 46.1 Å². The molecular weight excluding hydrogens is 312 g/mol. The van der Waals surface area contributed by atoms with E-state index < -0.39 is 0 Å². The van der Waals surface area contributed by atoms with E-state index in [1.807, 2.05) is 6.08 Å². The standard InChI is InChI=1S/C26H44/c1-6-7-8-9-12-22(5)26(24-13-10-11-21(4)14-16-24)19-23-15-17-25(18-23)20(2)3/h6,8-9,20-21,23-26H,1,5,7,10-19H2,2-4H3/b9-8-/t21-,23?,24?,25?,26+/m0/s1. The van der Waals surface area contributed by atoms with Crippen LogP contribution in [0.3, 0.4) is 0 Å². The van der Waals surface area contributed by atoms with Crippen molar-refractivity contribution >= 4 is 0 Å². The predicted octanol–water partition coefficient (Wildman–Crippen LogP) is 8.36. The summed E-state index contributed by atoms with van der Waals surface area (Å²) in [5.74, 6) is 5.35. The van der Waals surface area contributed by atoms with Gasteiger partial charge in [0.2, 0.25) is 0 Å². The van der Waals surface area contributed by atoms with Crippen LogP contribution in [0.25, 0.3) is 0 Å². The largest absolute Gasteiger partial charge is 0.103 e. The minimum absolute atomic E-state index is 0.754. The topological polar surface area (TPSA) is 0 Å². The average molecular weight is 357 g/mol. The summed E-state index contributed by atoms with van der Waals surface area (Å²) in [6.07, 6.45) is 21.6. The van der Waals surface area contributed by atoms with E-state index in [1.54, 1.807) is 0 Å². The van der Waals surface area contributed by atoms with Crippen molar-refractivity contribution < 1.29 is 0 Å². The van der Waals surface area contributed by atoms with Gasteiger partial charge in [-0.05, 0) is 80.5 Å². The molecule has 0 bridgehead atoms. The van der Waals surface area contributed by atoms with Crippen LogP contribution in [0, 0.1) is 35.5 Å². The third-order valence-electron chi connectivity index (χ3n) is 7.36. The molecule has 0 N–H and O–H groups in total. The Bertz CT molecular complexity index is 455. The highest BCUT2D eigenvalue weighted by Crippen LogP contribution is 2.44. The number of allylic oxidation sites excluding steroid dienone is 4. The summed E-state index contributed by atoms with van der Waals surface area (Å²) in [7, 11) is 0. The summed E-state index contributed by atoms with van der Waals surface area (Å²) >= 11 is 0. The van der Waals surface area contributed by atoms with E-state index in [0.717, 1.165) is 48.3 Å². The van der Waals surface area contributed by atoms with Crippen LogP contribution in [-0.2, 0) is 0 Å². The van der Waals surface area contributed by atoms with Crippen molar-refractivity contribution in [3.8, 4) is 0 Å². The van der Waals surface area contributed by atoms with Crippen LogP contribution in [0.5, 0.6) is 0 Å². The molecule has 0 aliphatic heterocycles. The molecule has 0 amide bonds. The third kappa shape index (κ3) is 6.75. The summed E-state index contributed by atoms with van der Waals surface area (Å²) < 4.78 is 0. The van der Waals surface area contributed by atoms with Gasteiger partial charge in [-0.2, -0.15) is 0 Å². The first kappa shape index (κ1) is 21.5. The Kier molecular flexibility index (Phi) is 9.23. The van der Waals surface area contributed by atoms with Crippen molar-refractivity contribution in [3.63, 3.8) is 0 Å². The second-order valence-corrected chi connectivity index (χ2v) is 9.76. The molecule has 26 heavy (non-hydrogen) atoms. The molecule has 0 radical (unpaired) electrons. The number of rotatable bonds is 9. The molecular formula is C26H44. The molecule has 0 heteroatoms. The maximum absolute atomic E-state index is 4.60. The highest BCUT2D eigenvalue weighted by atomic mass is 14.4. The fourth-order valence-corrected chi connectivity index (χ4v) is 5.48. The van der Waals surface area contributed by atoms with Gasteiger partial charge < -0.3 is 0 Å². The average Bonchev–Trinajstić information content (AvgIpc) is 2.98. The SMILES string of the molecule is C=CC/C=C\CC(=C)[C@@H](CC1CCC(C(C)C)C1)C1CCC[C@H](C)CC1. The Balaban J connectivity index is 2.00. The zero-order chi connectivity index (χ0) is 18.9. The molecule has 148 valence electrons. The second kappa shape index (κ2) is 11.2. The summed E-state index contributed by atoms with van der Waals surface area (Å²) in [6.45, 7) is 15.7. The Labute approximate surface area is 164 Å². The van der Waals surface area contributed by atoms with Crippen molar-refractivity contribution in [2.24, 2.45) is 35.5 Å².